The van der Waals surface area contributed by atoms with Gasteiger partial charge in [-0.2, -0.15) is 23.5 Å². The van der Waals surface area contributed by atoms with Gasteiger partial charge in [0.25, 0.3) is 0 Å². The predicted octanol–water partition coefficient (Wildman–Crippen LogP) is 1.76. The van der Waals surface area contributed by atoms with Crippen LogP contribution in [0.25, 0.3) is 0 Å². The third kappa shape index (κ3) is 5.50. The summed E-state index contributed by atoms with van der Waals surface area (Å²) in [6, 6.07) is 4.47. The third-order valence-electron chi connectivity index (χ3n) is 2.20. The Morgan fingerprint density at radius 2 is 2.22 bits per heavy atom. The predicted molar refractivity (Wildman–Crippen MR) is 73.2 cm³/mol. The Morgan fingerprint density at radius 3 is 2.70 bits per heavy atom. The number of nitrogens with two attached hydrogens (primary N) is 1. The molecule has 9 nitrogen and oxygen atoms in total. The number of nitrogens with one attached hydrogen (secondary N) is 2. The lowest BCUT2D eigenvalue weighted by Crippen LogP contribution is -2.21. The van der Waals surface area contributed by atoms with Crippen LogP contribution in [0.1, 0.15) is 0 Å². The number of amidine groups is 1. The fourth-order valence-corrected chi connectivity index (χ4v) is 1.28. The number of nitrogens with zero attached hydrogens (tertiary/aromatic N) is 3. The molecule has 4 N–H and O–H groups in total. The highest BCUT2D eigenvalue weighted by Crippen LogP contribution is 2.31. The first-order chi connectivity index (χ1) is 10.6. The molecule has 0 atom stereocenters. The molecule has 1 rings (SSSR count). The van der Waals surface area contributed by atoms with Gasteiger partial charge in [0, 0.05) is 6.07 Å². The number of nitro benzene ring substituents is 1. The van der Waals surface area contributed by atoms with Crippen molar-refractivity contribution in [2.45, 2.75) is 6.18 Å². The zero-order valence-corrected chi connectivity index (χ0v) is 11.2. The van der Waals surface area contributed by atoms with Crippen molar-refractivity contribution in [3.63, 3.8) is 0 Å². The molecule has 122 valence electrons. The maximum absolute atomic E-state index is 12.1. The molecule has 0 fully saturated rings. The Morgan fingerprint density at radius 1 is 1.57 bits per heavy atom. The molecule has 0 heterocycles. The topological polar surface area (TPSA) is 150 Å². The van der Waals surface area contributed by atoms with Crippen molar-refractivity contribution in [2.75, 3.05) is 12.0 Å². The zero-order valence-electron chi connectivity index (χ0n) is 11.2. The molecule has 23 heavy (non-hydrogen) atoms. The lowest BCUT2D eigenvalue weighted by Gasteiger charge is -2.10. The van der Waals surface area contributed by atoms with Crippen LogP contribution in [-0.4, -0.2) is 29.3 Å². The van der Waals surface area contributed by atoms with Crippen LogP contribution in [-0.2, 0) is 0 Å². The Bertz CT molecular complexity index is 695. The Balaban J connectivity index is 3.02. The molecule has 12 heteroatoms. The van der Waals surface area contributed by atoms with Crippen LogP contribution in [0.2, 0.25) is 0 Å². The Labute approximate surface area is 126 Å². The average Bonchev–Trinajstić information content (AvgIpc) is 2.44. The van der Waals surface area contributed by atoms with Crippen LogP contribution in [0.3, 0.4) is 0 Å². The Hall–Kier alpha value is -3.36. The molecular weight excluding hydrogens is 321 g/mol. The van der Waals surface area contributed by atoms with Gasteiger partial charge in [0.05, 0.1) is 10.6 Å². The van der Waals surface area contributed by atoms with Gasteiger partial charge >= 0.3 is 11.9 Å². The van der Waals surface area contributed by atoms with Crippen LogP contribution in [0.5, 0.6) is 5.75 Å². The first-order valence-corrected chi connectivity index (χ1v) is 5.70. The zero-order chi connectivity index (χ0) is 17.6. The van der Waals surface area contributed by atoms with Gasteiger partial charge in [-0.3, -0.25) is 20.9 Å². The van der Waals surface area contributed by atoms with Gasteiger partial charge in [0.15, 0.2) is 18.2 Å². The molecule has 1 aromatic rings. The van der Waals surface area contributed by atoms with E-state index < -0.39 is 40.7 Å². The highest BCUT2D eigenvalue weighted by molar-refractivity contribution is 6.45. The largest absolute Gasteiger partial charge is 0.477 e. The molecule has 0 spiro atoms. The fraction of sp³-hybridized carbons (Fsp3) is 0.182. The molecule has 0 saturated heterocycles. The highest BCUT2D eigenvalue weighted by Gasteiger charge is 2.30. The monoisotopic (exact) mass is 330 g/mol. The van der Waals surface area contributed by atoms with Crippen LogP contribution < -0.4 is 15.9 Å². The summed E-state index contributed by atoms with van der Waals surface area (Å²) >= 11 is 0. The van der Waals surface area contributed by atoms with Gasteiger partial charge in [-0.25, -0.2) is 0 Å². The van der Waals surface area contributed by atoms with Crippen LogP contribution in [0, 0.1) is 26.9 Å². The number of benzene rings is 1. The van der Waals surface area contributed by atoms with E-state index in [9.17, 15) is 23.3 Å². The molecule has 0 bridgehead atoms. The molecule has 0 aromatic heterocycles. The Kier molecular flexibility index (Phi) is 5.44. The molecule has 1 aromatic carbocycles. The van der Waals surface area contributed by atoms with Crippen molar-refractivity contribution in [3.05, 3.63) is 28.3 Å². The van der Waals surface area contributed by atoms with E-state index in [4.69, 9.17) is 16.4 Å². The minimum atomic E-state index is -4.64. The maximum atomic E-state index is 12.1. The van der Waals surface area contributed by atoms with Crippen molar-refractivity contribution < 1.29 is 22.8 Å². The summed E-state index contributed by atoms with van der Waals surface area (Å²) in [5.74, 6) is -1.20. The number of anilines is 1. The lowest BCUT2D eigenvalue weighted by molar-refractivity contribution is -0.386. The van der Waals surface area contributed by atoms with Gasteiger partial charge < -0.3 is 10.5 Å². The highest BCUT2D eigenvalue weighted by atomic mass is 19.4. The number of hydrogen-bond donors (Lipinski definition) is 3. The molecule has 0 saturated carbocycles. The first kappa shape index (κ1) is 17.7. The number of rotatable bonds is 6. The second-order valence-electron chi connectivity index (χ2n) is 3.94. The van der Waals surface area contributed by atoms with E-state index in [1.54, 1.807) is 0 Å². The van der Waals surface area contributed by atoms with Crippen molar-refractivity contribution >= 4 is 22.9 Å². The number of ether oxygens (including phenoxy) is 1. The maximum Gasteiger partial charge on any atom is 0.422 e. The van der Waals surface area contributed by atoms with Crippen molar-refractivity contribution in [1.29, 1.82) is 10.7 Å². The summed E-state index contributed by atoms with van der Waals surface area (Å²) in [5, 5.41) is 30.0. The van der Waals surface area contributed by atoms with E-state index >= 15 is 0 Å². The lowest BCUT2D eigenvalue weighted by atomic mass is 10.2. The molecule has 0 aliphatic rings. The minimum Gasteiger partial charge on any atom is -0.477 e. The average molecular weight is 330 g/mol. The SMILES string of the molecule is N#C/C(=N\Nc1ccc(OCC(F)(F)F)c([N+](=O)[O-])c1)C(=N)N. The van der Waals surface area contributed by atoms with Gasteiger partial charge in [-0.15, -0.1) is 0 Å². The van der Waals surface area contributed by atoms with E-state index in [0.717, 1.165) is 18.2 Å². The number of hydrazone groups is 1. The fourth-order valence-electron chi connectivity index (χ4n) is 1.28. The van der Waals surface area contributed by atoms with Gasteiger partial charge in [0.1, 0.15) is 6.07 Å². The normalized spacial score (nSPS) is 11.5. The summed E-state index contributed by atoms with van der Waals surface area (Å²) in [6.45, 7) is -1.68. The summed E-state index contributed by atoms with van der Waals surface area (Å²) in [6.07, 6.45) is -4.64. The molecule has 0 unspecified atom stereocenters. The molecule has 0 amide bonds. The van der Waals surface area contributed by atoms with Crippen molar-refractivity contribution in [1.82, 2.24) is 0 Å². The summed E-state index contributed by atoms with van der Waals surface area (Å²) in [7, 11) is 0. The molecule has 0 aliphatic carbocycles. The second kappa shape index (κ2) is 7.07. The quantitative estimate of drug-likeness (QED) is 0.313. The standard InChI is InChI=1S/C11H9F3N6O3/c12-11(13,14)5-23-9-2-1-6(3-8(9)20(21)22)18-19-7(4-15)10(16)17/h1-3,18H,5H2,(H3,16,17)/b19-7+. The van der Waals surface area contributed by atoms with Gasteiger partial charge in [-0.05, 0) is 12.1 Å². The van der Waals surface area contributed by atoms with Crippen molar-refractivity contribution in [3.8, 4) is 11.8 Å². The summed E-state index contributed by atoms with van der Waals surface area (Å²) in [4.78, 5) is 9.94. The number of nitro groups is 1. The van der Waals surface area contributed by atoms with E-state index in [-0.39, 0.29) is 5.69 Å². The van der Waals surface area contributed by atoms with Crippen LogP contribution in [0.4, 0.5) is 24.5 Å². The minimum absolute atomic E-state index is 0.00920. The van der Waals surface area contributed by atoms with E-state index in [2.05, 4.69) is 15.3 Å². The summed E-state index contributed by atoms with van der Waals surface area (Å²) < 4.78 is 40.6. The van der Waals surface area contributed by atoms with Crippen molar-refractivity contribution in [2.24, 2.45) is 10.8 Å². The number of hydrogen-bond acceptors (Lipinski definition) is 7. The number of nitriles is 1. The summed E-state index contributed by atoms with van der Waals surface area (Å²) in [5.41, 5.74) is 6.08. The smallest absolute Gasteiger partial charge is 0.422 e. The first-order valence-electron chi connectivity index (χ1n) is 5.70. The van der Waals surface area contributed by atoms with Crippen LogP contribution in [0.15, 0.2) is 23.3 Å². The second-order valence-corrected chi connectivity index (χ2v) is 3.94. The molecular formula is C11H9F3N6O3. The molecule has 0 aliphatic heterocycles. The molecule has 0 radical (unpaired) electrons. The van der Waals surface area contributed by atoms with E-state index in [1.165, 1.54) is 6.07 Å². The number of halogens is 3. The van der Waals surface area contributed by atoms with Gasteiger partial charge in [0.2, 0.25) is 5.71 Å². The number of alkyl halides is 3. The van der Waals surface area contributed by atoms with E-state index in [0.29, 0.717) is 0 Å². The van der Waals surface area contributed by atoms with Crippen LogP contribution >= 0.6 is 0 Å². The van der Waals surface area contributed by atoms with E-state index in [1.807, 2.05) is 0 Å². The van der Waals surface area contributed by atoms with Gasteiger partial charge in [-0.1, -0.05) is 0 Å². The third-order valence-corrected chi connectivity index (χ3v) is 2.20.